The fourth-order valence-corrected chi connectivity index (χ4v) is 3.60. The van der Waals surface area contributed by atoms with Crippen molar-refractivity contribution in [2.45, 2.75) is 52.7 Å². The molecular weight excluding hydrogens is 460 g/mol. The molecule has 0 spiro atoms. The molecule has 0 bridgehead atoms. The number of hydrogen-bond donors (Lipinski definition) is 1. The molecule has 0 unspecified atom stereocenters. The van der Waals surface area contributed by atoms with E-state index in [2.05, 4.69) is 28.2 Å². The summed E-state index contributed by atoms with van der Waals surface area (Å²) in [7, 11) is 1.59. The van der Waals surface area contributed by atoms with Gasteiger partial charge in [0.25, 0.3) is 5.91 Å². The molecule has 0 saturated heterocycles. The van der Waals surface area contributed by atoms with Crippen LogP contribution in [0.5, 0.6) is 11.5 Å². The molecule has 2 amide bonds. The number of carbonyl (C=O) groups excluding carboxylic acids is 2. The number of methoxy groups -OCH3 is 1. The molecule has 2 rings (SSSR count). The van der Waals surface area contributed by atoms with Gasteiger partial charge in [0.05, 0.1) is 11.6 Å². The Hall–Kier alpha value is -2.54. The molecule has 0 aliphatic carbocycles. The lowest BCUT2D eigenvalue weighted by atomic mass is 10.1. The topological polar surface area (TPSA) is 67.9 Å². The van der Waals surface area contributed by atoms with Crippen molar-refractivity contribution >= 4 is 27.7 Å². The predicted molar refractivity (Wildman–Crippen MR) is 125 cm³/mol. The van der Waals surface area contributed by atoms with E-state index in [-0.39, 0.29) is 31.0 Å². The Morgan fingerprint density at radius 2 is 1.84 bits per heavy atom. The van der Waals surface area contributed by atoms with E-state index in [1.54, 1.807) is 14.0 Å². The summed E-state index contributed by atoms with van der Waals surface area (Å²) >= 11 is 3.50. The summed E-state index contributed by atoms with van der Waals surface area (Å²) in [5.41, 5.74) is 2.04. The SMILES string of the molecule is CCc1ccc(OCC(=O)N(Cc2cccc(OC)c2)[C@@H](C)C(=O)NC(C)C)c(Br)c1. The molecule has 0 heterocycles. The van der Waals surface area contributed by atoms with Crippen LogP contribution in [0, 0.1) is 0 Å². The fourth-order valence-electron chi connectivity index (χ4n) is 3.06. The minimum Gasteiger partial charge on any atom is -0.497 e. The average molecular weight is 491 g/mol. The number of rotatable bonds is 10. The lowest BCUT2D eigenvalue weighted by Gasteiger charge is -2.29. The molecule has 168 valence electrons. The number of aryl methyl sites for hydroxylation is 1. The predicted octanol–water partition coefficient (Wildman–Crippen LogP) is 4.34. The highest BCUT2D eigenvalue weighted by Gasteiger charge is 2.27. The molecule has 6 nitrogen and oxygen atoms in total. The molecule has 0 fully saturated rings. The number of benzene rings is 2. The zero-order chi connectivity index (χ0) is 23.0. The number of nitrogens with zero attached hydrogens (tertiary/aromatic N) is 1. The first-order valence-corrected chi connectivity index (χ1v) is 11.2. The van der Waals surface area contributed by atoms with Gasteiger partial charge in [-0.1, -0.05) is 25.1 Å². The smallest absolute Gasteiger partial charge is 0.261 e. The van der Waals surface area contributed by atoms with Crippen molar-refractivity contribution in [1.29, 1.82) is 0 Å². The van der Waals surface area contributed by atoms with Crippen LogP contribution in [0.1, 0.15) is 38.8 Å². The molecule has 2 aromatic rings. The minimum absolute atomic E-state index is 0.0204. The van der Waals surface area contributed by atoms with Crippen LogP contribution in [-0.2, 0) is 22.6 Å². The summed E-state index contributed by atoms with van der Waals surface area (Å²) in [5.74, 6) is 0.798. The molecule has 0 aliphatic rings. The highest BCUT2D eigenvalue weighted by molar-refractivity contribution is 9.10. The molecule has 2 aromatic carbocycles. The molecule has 7 heteroatoms. The quantitative estimate of drug-likeness (QED) is 0.537. The fraction of sp³-hybridized carbons (Fsp3) is 0.417. The maximum absolute atomic E-state index is 13.1. The van der Waals surface area contributed by atoms with E-state index in [4.69, 9.17) is 9.47 Å². The number of carbonyl (C=O) groups is 2. The van der Waals surface area contributed by atoms with E-state index in [1.165, 1.54) is 10.5 Å². The van der Waals surface area contributed by atoms with Crippen molar-refractivity contribution < 1.29 is 19.1 Å². The lowest BCUT2D eigenvalue weighted by molar-refractivity contribution is -0.142. The highest BCUT2D eigenvalue weighted by atomic mass is 79.9. The van der Waals surface area contributed by atoms with Gasteiger partial charge >= 0.3 is 0 Å². The van der Waals surface area contributed by atoms with Gasteiger partial charge in [-0.05, 0) is 78.5 Å². The number of halogens is 1. The van der Waals surface area contributed by atoms with E-state index in [0.717, 1.165) is 16.5 Å². The van der Waals surface area contributed by atoms with Gasteiger partial charge in [0.2, 0.25) is 5.91 Å². The van der Waals surface area contributed by atoms with Gasteiger partial charge in [-0.15, -0.1) is 0 Å². The average Bonchev–Trinajstić information content (AvgIpc) is 2.75. The van der Waals surface area contributed by atoms with Crippen molar-refractivity contribution in [3.63, 3.8) is 0 Å². The molecule has 0 aliphatic heterocycles. The molecule has 31 heavy (non-hydrogen) atoms. The van der Waals surface area contributed by atoms with Crippen molar-refractivity contribution in [1.82, 2.24) is 10.2 Å². The molecule has 0 aromatic heterocycles. The van der Waals surface area contributed by atoms with Crippen molar-refractivity contribution in [3.8, 4) is 11.5 Å². The van der Waals surface area contributed by atoms with Crippen LogP contribution < -0.4 is 14.8 Å². The van der Waals surface area contributed by atoms with Gasteiger partial charge in [0, 0.05) is 12.6 Å². The highest BCUT2D eigenvalue weighted by Crippen LogP contribution is 2.26. The first kappa shape index (κ1) is 24.7. The van der Waals surface area contributed by atoms with Crippen LogP contribution in [0.15, 0.2) is 46.9 Å². The third-order valence-corrected chi connectivity index (χ3v) is 5.46. The monoisotopic (exact) mass is 490 g/mol. The maximum Gasteiger partial charge on any atom is 0.261 e. The number of nitrogens with one attached hydrogen (secondary N) is 1. The van der Waals surface area contributed by atoms with E-state index >= 15 is 0 Å². The van der Waals surface area contributed by atoms with E-state index < -0.39 is 6.04 Å². The summed E-state index contributed by atoms with van der Waals surface area (Å²) in [6, 6.07) is 12.6. The van der Waals surface area contributed by atoms with Crippen molar-refractivity contribution in [2.24, 2.45) is 0 Å². The van der Waals surface area contributed by atoms with Gasteiger partial charge < -0.3 is 19.7 Å². The van der Waals surface area contributed by atoms with Crippen LogP contribution >= 0.6 is 15.9 Å². The zero-order valence-corrected chi connectivity index (χ0v) is 20.4. The first-order chi connectivity index (χ1) is 14.7. The zero-order valence-electron chi connectivity index (χ0n) is 18.8. The summed E-state index contributed by atoms with van der Waals surface area (Å²) in [6.07, 6.45) is 0.911. The molecule has 0 saturated carbocycles. The summed E-state index contributed by atoms with van der Waals surface area (Å²) in [6.45, 7) is 7.67. The standard InChI is InChI=1S/C24H31BrN2O4/c1-6-18-10-11-22(21(25)13-18)31-15-23(28)27(17(4)24(29)26-16(2)3)14-19-8-7-9-20(12-19)30-5/h7-13,16-17H,6,14-15H2,1-5H3,(H,26,29)/t17-/m0/s1. The third-order valence-electron chi connectivity index (χ3n) is 4.84. The first-order valence-electron chi connectivity index (χ1n) is 10.4. The molecular formula is C24H31BrN2O4. The van der Waals surface area contributed by atoms with E-state index in [0.29, 0.717) is 11.5 Å². The van der Waals surface area contributed by atoms with E-state index in [9.17, 15) is 9.59 Å². The lowest BCUT2D eigenvalue weighted by Crippen LogP contribution is -2.50. The Morgan fingerprint density at radius 3 is 2.45 bits per heavy atom. The van der Waals surface area contributed by atoms with Gasteiger partial charge in [-0.25, -0.2) is 0 Å². The van der Waals surface area contributed by atoms with Crippen LogP contribution in [0.3, 0.4) is 0 Å². The van der Waals surface area contributed by atoms with Gasteiger partial charge in [-0.3, -0.25) is 9.59 Å². The summed E-state index contributed by atoms with van der Waals surface area (Å²) < 4.78 is 11.9. The Labute approximate surface area is 193 Å². The summed E-state index contributed by atoms with van der Waals surface area (Å²) in [5, 5.41) is 2.88. The van der Waals surface area contributed by atoms with Gasteiger partial charge in [0.15, 0.2) is 6.61 Å². The molecule has 0 radical (unpaired) electrons. The largest absolute Gasteiger partial charge is 0.497 e. The van der Waals surface area contributed by atoms with Gasteiger partial charge in [0.1, 0.15) is 17.5 Å². The molecule has 1 atom stereocenters. The number of ether oxygens (including phenoxy) is 2. The third kappa shape index (κ3) is 7.28. The van der Waals surface area contributed by atoms with Crippen molar-refractivity contribution in [3.05, 3.63) is 58.1 Å². The van der Waals surface area contributed by atoms with Crippen LogP contribution in [-0.4, -0.2) is 42.5 Å². The second-order valence-corrected chi connectivity index (χ2v) is 8.47. The number of hydrogen-bond acceptors (Lipinski definition) is 4. The Balaban J connectivity index is 2.19. The van der Waals surface area contributed by atoms with Gasteiger partial charge in [-0.2, -0.15) is 0 Å². The Kier molecular flexibility index (Phi) is 9.37. The Morgan fingerprint density at radius 1 is 1.10 bits per heavy atom. The molecule has 1 N–H and O–H groups in total. The second kappa shape index (κ2) is 11.7. The maximum atomic E-state index is 13.1. The van der Waals surface area contributed by atoms with Crippen LogP contribution in [0.2, 0.25) is 0 Å². The van der Waals surface area contributed by atoms with Crippen molar-refractivity contribution in [2.75, 3.05) is 13.7 Å². The summed E-state index contributed by atoms with van der Waals surface area (Å²) in [4.78, 5) is 27.3. The van der Waals surface area contributed by atoms with Crippen LogP contribution in [0.25, 0.3) is 0 Å². The minimum atomic E-state index is -0.657. The number of amides is 2. The Bertz CT molecular complexity index is 901. The second-order valence-electron chi connectivity index (χ2n) is 7.62. The van der Waals surface area contributed by atoms with Crippen LogP contribution in [0.4, 0.5) is 0 Å². The normalized spacial score (nSPS) is 11.7. The van der Waals surface area contributed by atoms with E-state index in [1.807, 2.05) is 56.3 Å².